The predicted octanol–water partition coefficient (Wildman–Crippen LogP) is 3.59. The number of amides is 1. The van der Waals surface area contributed by atoms with E-state index in [4.69, 9.17) is 11.6 Å². The molecule has 0 aliphatic carbocycles. The predicted molar refractivity (Wildman–Crippen MR) is 84.8 cm³/mol. The first kappa shape index (κ1) is 13.4. The molecule has 3 rings (SSSR count). The van der Waals surface area contributed by atoms with Crippen LogP contribution < -0.4 is 5.43 Å². The van der Waals surface area contributed by atoms with Crippen LogP contribution in [0.2, 0.25) is 5.02 Å². The zero-order valence-corrected chi connectivity index (χ0v) is 11.8. The number of para-hydroxylation sites is 1. The van der Waals surface area contributed by atoms with Crippen LogP contribution in [-0.2, 0) is 0 Å². The van der Waals surface area contributed by atoms with Crippen LogP contribution in [0.25, 0.3) is 10.9 Å². The Bertz CT molecular complexity index is 823. The second-order valence-corrected chi connectivity index (χ2v) is 4.88. The van der Waals surface area contributed by atoms with Gasteiger partial charge in [-0.3, -0.25) is 4.79 Å². The molecule has 4 nitrogen and oxygen atoms in total. The number of nitrogens with one attached hydrogen (secondary N) is 2. The van der Waals surface area contributed by atoms with Gasteiger partial charge in [-0.1, -0.05) is 48.0 Å². The van der Waals surface area contributed by atoms with Crippen molar-refractivity contribution in [1.29, 1.82) is 0 Å². The molecule has 5 heteroatoms. The topological polar surface area (TPSA) is 57.2 Å². The Hall–Kier alpha value is -2.59. The number of fused-ring (bicyclic) bond motifs is 1. The number of H-pyrrole nitrogens is 1. The molecule has 0 saturated carbocycles. The van der Waals surface area contributed by atoms with Crippen LogP contribution in [0.15, 0.2) is 59.8 Å². The largest absolute Gasteiger partial charge is 0.360 e. The van der Waals surface area contributed by atoms with Gasteiger partial charge in [-0.15, -0.1) is 0 Å². The van der Waals surface area contributed by atoms with E-state index in [1.807, 2.05) is 42.5 Å². The molecule has 0 spiro atoms. The summed E-state index contributed by atoms with van der Waals surface area (Å²) < 4.78 is 0. The summed E-state index contributed by atoms with van der Waals surface area (Å²) in [5.74, 6) is -0.268. The van der Waals surface area contributed by atoms with E-state index in [1.165, 1.54) is 6.21 Å². The normalized spacial score (nSPS) is 11.1. The molecule has 0 aliphatic heterocycles. The van der Waals surface area contributed by atoms with Gasteiger partial charge in [-0.05, 0) is 12.1 Å². The van der Waals surface area contributed by atoms with E-state index in [1.54, 1.807) is 12.3 Å². The third kappa shape index (κ3) is 2.80. The highest BCUT2D eigenvalue weighted by molar-refractivity contribution is 6.33. The maximum atomic E-state index is 12.1. The second-order valence-electron chi connectivity index (χ2n) is 4.47. The number of hydrazone groups is 1. The number of benzene rings is 2. The van der Waals surface area contributed by atoms with Gasteiger partial charge in [0.05, 0.1) is 11.8 Å². The minimum Gasteiger partial charge on any atom is -0.360 e. The lowest BCUT2D eigenvalue weighted by Crippen LogP contribution is -2.17. The Morgan fingerprint density at radius 2 is 1.90 bits per heavy atom. The van der Waals surface area contributed by atoms with E-state index in [0.29, 0.717) is 10.6 Å². The van der Waals surface area contributed by atoms with Crippen molar-refractivity contribution < 1.29 is 4.79 Å². The molecule has 104 valence electrons. The van der Waals surface area contributed by atoms with Crippen molar-refractivity contribution in [3.8, 4) is 0 Å². The minimum absolute atomic E-state index is 0.268. The first-order valence-electron chi connectivity index (χ1n) is 6.40. The number of aromatic amines is 1. The van der Waals surface area contributed by atoms with Gasteiger partial charge in [0.1, 0.15) is 0 Å². The van der Waals surface area contributed by atoms with Crippen molar-refractivity contribution >= 4 is 34.6 Å². The van der Waals surface area contributed by atoms with Crippen LogP contribution in [0.4, 0.5) is 0 Å². The summed E-state index contributed by atoms with van der Waals surface area (Å²) >= 11 is 6.01. The number of hydrogen-bond acceptors (Lipinski definition) is 2. The van der Waals surface area contributed by atoms with Gasteiger partial charge >= 0.3 is 0 Å². The Balaban J connectivity index is 1.77. The quantitative estimate of drug-likeness (QED) is 0.563. The summed E-state index contributed by atoms with van der Waals surface area (Å²) in [5.41, 5.74) is 4.73. The number of carbonyl (C=O) groups is 1. The number of nitrogens with zero attached hydrogens (tertiary/aromatic N) is 1. The second kappa shape index (κ2) is 5.81. The smallest absolute Gasteiger partial charge is 0.273 e. The van der Waals surface area contributed by atoms with E-state index in [0.717, 1.165) is 16.5 Å². The van der Waals surface area contributed by atoms with Gasteiger partial charge in [0.25, 0.3) is 5.91 Å². The number of hydrogen-bond donors (Lipinski definition) is 2. The van der Waals surface area contributed by atoms with Crippen LogP contribution in [0.1, 0.15) is 15.9 Å². The molecule has 1 aromatic heterocycles. The summed E-state index contributed by atoms with van der Waals surface area (Å²) in [5, 5.41) is 5.39. The van der Waals surface area contributed by atoms with Crippen LogP contribution in [0.5, 0.6) is 0 Å². The molecule has 0 bridgehead atoms. The molecule has 1 amide bonds. The molecule has 3 aromatic rings. The fourth-order valence-corrected chi connectivity index (χ4v) is 2.24. The Morgan fingerprint density at radius 1 is 1.14 bits per heavy atom. The van der Waals surface area contributed by atoms with Gasteiger partial charge in [0, 0.05) is 27.7 Å². The van der Waals surface area contributed by atoms with Crippen molar-refractivity contribution in [1.82, 2.24) is 10.4 Å². The molecule has 2 aromatic carbocycles. The van der Waals surface area contributed by atoms with Gasteiger partial charge in [0.2, 0.25) is 0 Å². The standard InChI is InChI=1S/C16H12ClN3O/c17-14-7-3-1-5-11(14)9-19-20-16(21)13-10-18-15-8-4-2-6-12(13)15/h1-10,18H,(H,20,21)/b19-9+. The average Bonchev–Trinajstić information content (AvgIpc) is 2.93. The van der Waals surface area contributed by atoms with Crippen molar-refractivity contribution in [3.63, 3.8) is 0 Å². The first-order chi connectivity index (χ1) is 10.3. The van der Waals surface area contributed by atoms with E-state index in [9.17, 15) is 4.79 Å². The number of halogens is 1. The number of carbonyl (C=O) groups excluding carboxylic acids is 1. The van der Waals surface area contributed by atoms with E-state index >= 15 is 0 Å². The molecular formula is C16H12ClN3O. The lowest BCUT2D eigenvalue weighted by Gasteiger charge is -1.99. The zero-order valence-electron chi connectivity index (χ0n) is 11.0. The van der Waals surface area contributed by atoms with Crippen molar-refractivity contribution in [2.45, 2.75) is 0 Å². The Labute approximate surface area is 126 Å². The summed E-state index contributed by atoms with van der Waals surface area (Å²) in [6.07, 6.45) is 3.19. The monoisotopic (exact) mass is 297 g/mol. The molecule has 0 fully saturated rings. The molecule has 0 saturated heterocycles. The number of rotatable bonds is 3. The number of aromatic nitrogens is 1. The molecule has 1 heterocycles. The summed E-state index contributed by atoms with van der Waals surface area (Å²) in [7, 11) is 0. The highest BCUT2D eigenvalue weighted by Gasteiger charge is 2.10. The summed E-state index contributed by atoms with van der Waals surface area (Å²) in [6, 6.07) is 14.9. The summed E-state index contributed by atoms with van der Waals surface area (Å²) in [4.78, 5) is 15.2. The van der Waals surface area contributed by atoms with Crippen LogP contribution >= 0.6 is 11.6 Å². The van der Waals surface area contributed by atoms with Crippen LogP contribution in [0.3, 0.4) is 0 Å². The first-order valence-corrected chi connectivity index (χ1v) is 6.77. The Kier molecular flexibility index (Phi) is 3.71. The van der Waals surface area contributed by atoms with Gasteiger partial charge in [0.15, 0.2) is 0 Å². The fourth-order valence-electron chi connectivity index (χ4n) is 2.06. The van der Waals surface area contributed by atoms with Crippen LogP contribution in [0, 0.1) is 0 Å². The molecule has 0 unspecified atom stereocenters. The van der Waals surface area contributed by atoms with E-state index in [2.05, 4.69) is 15.5 Å². The highest BCUT2D eigenvalue weighted by atomic mass is 35.5. The van der Waals surface area contributed by atoms with Gasteiger partial charge in [-0.2, -0.15) is 5.10 Å². The molecule has 0 atom stereocenters. The average molecular weight is 298 g/mol. The minimum atomic E-state index is -0.268. The maximum Gasteiger partial charge on any atom is 0.273 e. The Morgan fingerprint density at radius 3 is 2.76 bits per heavy atom. The highest BCUT2D eigenvalue weighted by Crippen LogP contribution is 2.17. The van der Waals surface area contributed by atoms with Crippen LogP contribution in [-0.4, -0.2) is 17.1 Å². The van der Waals surface area contributed by atoms with E-state index < -0.39 is 0 Å². The molecular weight excluding hydrogens is 286 g/mol. The van der Waals surface area contributed by atoms with Crippen molar-refractivity contribution in [3.05, 3.63) is 70.9 Å². The third-order valence-electron chi connectivity index (χ3n) is 3.11. The SMILES string of the molecule is O=C(N/N=C/c1ccccc1Cl)c1c[nH]c2ccccc12. The lowest BCUT2D eigenvalue weighted by atomic mass is 10.2. The van der Waals surface area contributed by atoms with Gasteiger partial charge < -0.3 is 4.98 Å². The van der Waals surface area contributed by atoms with Gasteiger partial charge in [-0.25, -0.2) is 5.43 Å². The molecule has 0 radical (unpaired) electrons. The third-order valence-corrected chi connectivity index (χ3v) is 3.45. The summed E-state index contributed by atoms with van der Waals surface area (Å²) in [6.45, 7) is 0. The zero-order chi connectivity index (χ0) is 14.7. The molecule has 2 N–H and O–H groups in total. The van der Waals surface area contributed by atoms with Crippen molar-refractivity contribution in [2.75, 3.05) is 0 Å². The molecule has 0 aliphatic rings. The van der Waals surface area contributed by atoms with Crippen molar-refractivity contribution in [2.24, 2.45) is 5.10 Å². The lowest BCUT2D eigenvalue weighted by molar-refractivity contribution is 0.0957. The maximum absolute atomic E-state index is 12.1. The molecule has 21 heavy (non-hydrogen) atoms. The van der Waals surface area contributed by atoms with E-state index in [-0.39, 0.29) is 5.91 Å². The fraction of sp³-hybridized carbons (Fsp3) is 0.